The van der Waals surface area contributed by atoms with Crippen LogP contribution in [-0.2, 0) is 10.2 Å². The maximum Gasteiger partial charge on any atom is 0.282 e. The molecule has 0 radical (unpaired) electrons. The molecule has 0 spiro atoms. The van der Waals surface area contributed by atoms with Crippen molar-refractivity contribution in [3.8, 4) is 0 Å². The summed E-state index contributed by atoms with van der Waals surface area (Å²) in [6.07, 6.45) is 3.12. The first-order valence-corrected chi connectivity index (χ1v) is 10.2. The van der Waals surface area contributed by atoms with E-state index >= 15 is 0 Å². The van der Waals surface area contributed by atoms with Gasteiger partial charge in [0, 0.05) is 37.7 Å². The third kappa shape index (κ3) is 4.34. The van der Waals surface area contributed by atoms with Gasteiger partial charge in [-0.3, -0.25) is 0 Å². The van der Waals surface area contributed by atoms with Gasteiger partial charge in [0.25, 0.3) is 10.2 Å². The van der Waals surface area contributed by atoms with E-state index < -0.39 is 10.2 Å². The van der Waals surface area contributed by atoms with Gasteiger partial charge in [-0.15, -0.1) is 0 Å². The number of nitrogens with one attached hydrogen (secondary N) is 1. The van der Waals surface area contributed by atoms with E-state index in [-0.39, 0.29) is 0 Å². The van der Waals surface area contributed by atoms with Crippen LogP contribution in [0, 0.1) is 5.92 Å². The largest absolute Gasteiger partial charge is 0.316 e. The molecule has 1 N–H and O–H groups in total. The van der Waals surface area contributed by atoms with E-state index in [4.69, 9.17) is 0 Å². The lowest BCUT2D eigenvalue weighted by atomic mass is 9.98. The van der Waals surface area contributed by atoms with Gasteiger partial charge in [-0.1, -0.05) is 6.92 Å². The number of thioether (sulfide) groups is 1. The molecule has 0 amide bonds. The van der Waals surface area contributed by atoms with Crippen molar-refractivity contribution in [1.29, 1.82) is 0 Å². The first-order chi connectivity index (χ1) is 9.64. The minimum atomic E-state index is -3.20. The van der Waals surface area contributed by atoms with Crippen molar-refractivity contribution in [3.05, 3.63) is 0 Å². The smallest absolute Gasteiger partial charge is 0.282 e. The molecular weight excluding hydrogens is 294 g/mol. The molecule has 0 aromatic heterocycles. The van der Waals surface area contributed by atoms with E-state index in [0.29, 0.717) is 32.1 Å². The summed E-state index contributed by atoms with van der Waals surface area (Å²) in [6, 6.07) is 0. The number of nitrogens with zero attached hydrogens (tertiary/aromatic N) is 2. The fourth-order valence-electron chi connectivity index (χ4n) is 2.77. The number of hydrogen-bond acceptors (Lipinski definition) is 4. The SMILES string of the molecule is CCCNCC1CCN(S(=O)(=O)N2CCSCC2)CC1. The van der Waals surface area contributed by atoms with Gasteiger partial charge in [0.05, 0.1) is 0 Å². The average molecular weight is 322 g/mol. The maximum absolute atomic E-state index is 12.5. The molecule has 2 aliphatic heterocycles. The molecule has 20 heavy (non-hydrogen) atoms. The van der Waals surface area contributed by atoms with Crippen LogP contribution in [0.4, 0.5) is 0 Å². The van der Waals surface area contributed by atoms with Gasteiger partial charge in [-0.05, 0) is 38.3 Å². The molecule has 0 atom stereocenters. The Morgan fingerprint density at radius 2 is 1.70 bits per heavy atom. The molecule has 2 fully saturated rings. The van der Waals surface area contributed by atoms with Crippen LogP contribution in [0.3, 0.4) is 0 Å². The van der Waals surface area contributed by atoms with E-state index in [1.807, 2.05) is 11.8 Å². The summed E-state index contributed by atoms with van der Waals surface area (Å²) >= 11 is 1.84. The molecule has 2 heterocycles. The Bertz CT molecular complexity index is 375. The molecule has 118 valence electrons. The molecule has 0 bridgehead atoms. The van der Waals surface area contributed by atoms with Crippen LogP contribution in [0.5, 0.6) is 0 Å². The normalized spacial score (nSPS) is 24.1. The van der Waals surface area contributed by atoms with Crippen molar-refractivity contribution in [3.63, 3.8) is 0 Å². The molecule has 0 aromatic rings. The highest BCUT2D eigenvalue weighted by molar-refractivity contribution is 7.99. The predicted octanol–water partition coefficient (Wildman–Crippen LogP) is 0.992. The summed E-state index contributed by atoms with van der Waals surface area (Å²) in [6.45, 7) is 6.97. The monoisotopic (exact) mass is 321 g/mol. The summed E-state index contributed by atoms with van der Waals surface area (Å²) in [5, 5.41) is 3.44. The Labute approximate surface area is 127 Å². The molecule has 5 nitrogen and oxygen atoms in total. The van der Waals surface area contributed by atoms with Crippen molar-refractivity contribution in [2.75, 3.05) is 50.8 Å². The van der Waals surface area contributed by atoms with Crippen molar-refractivity contribution in [1.82, 2.24) is 13.9 Å². The molecule has 2 aliphatic rings. The lowest BCUT2D eigenvalue weighted by Gasteiger charge is -2.36. The zero-order chi connectivity index (χ0) is 14.4. The molecule has 0 unspecified atom stereocenters. The van der Waals surface area contributed by atoms with Crippen molar-refractivity contribution >= 4 is 22.0 Å². The molecule has 2 saturated heterocycles. The van der Waals surface area contributed by atoms with E-state index in [1.165, 1.54) is 0 Å². The zero-order valence-electron chi connectivity index (χ0n) is 12.4. The van der Waals surface area contributed by atoms with Crippen LogP contribution in [0.15, 0.2) is 0 Å². The van der Waals surface area contributed by atoms with E-state index in [9.17, 15) is 8.42 Å². The van der Waals surface area contributed by atoms with Gasteiger partial charge < -0.3 is 5.32 Å². The Morgan fingerprint density at radius 1 is 1.10 bits per heavy atom. The zero-order valence-corrected chi connectivity index (χ0v) is 14.0. The lowest BCUT2D eigenvalue weighted by molar-refractivity contribution is 0.251. The molecule has 0 saturated carbocycles. The fourth-order valence-corrected chi connectivity index (χ4v) is 5.54. The van der Waals surface area contributed by atoms with Crippen molar-refractivity contribution in [2.24, 2.45) is 5.92 Å². The van der Waals surface area contributed by atoms with E-state index in [1.54, 1.807) is 8.61 Å². The first kappa shape index (κ1) is 16.5. The Morgan fingerprint density at radius 3 is 2.30 bits per heavy atom. The third-order valence-corrected chi connectivity index (χ3v) is 7.03. The van der Waals surface area contributed by atoms with Crippen LogP contribution in [0.25, 0.3) is 0 Å². The summed E-state index contributed by atoms with van der Waals surface area (Å²) in [5.41, 5.74) is 0. The minimum absolute atomic E-state index is 0.630. The fraction of sp³-hybridized carbons (Fsp3) is 1.00. The van der Waals surface area contributed by atoms with Gasteiger partial charge in [0.2, 0.25) is 0 Å². The molecule has 0 aromatic carbocycles. The highest BCUT2D eigenvalue weighted by Crippen LogP contribution is 2.22. The summed E-state index contributed by atoms with van der Waals surface area (Å²) in [4.78, 5) is 0. The maximum atomic E-state index is 12.5. The van der Waals surface area contributed by atoms with Crippen LogP contribution in [-0.4, -0.2) is 67.8 Å². The summed E-state index contributed by atoms with van der Waals surface area (Å²) in [7, 11) is -3.20. The molecular formula is C13H27N3O2S2. The molecule has 7 heteroatoms. The van der Waals surface area contributed by atoms with Crippen molar-refractivity contribution < 1.29 is 8.42 Å². The Kier molecular flexibility index (Phi) is 6.61. The second-order valence-corrected chi connectivity index (χ2v) is 8.72. The quantitative estimate of drug-likeness (QED) is 0.741. The first-order valence-electron chi connectivity index (χ1n) is 7.68. The number of rotatable bonds is 6. The van der Waals surface area contributed by atoms with Crippen LogP contribution < -0.4 is 5.32 Å². The van der Waals surface area contributed by atoms with Crippen LogP contribution in [0.1, 0.15) is 26.2 Å². The van der Waals surface area contributed by atoms with Gasteiger partial charge >= 0.3 is 0 Å². The molecule has 0 aliphatic carbocycles. The molecule has 2 rings (SSSR count). The second-order valence-electron chi connectivity index (χ2n) is 5.57. The Hall–Kier alpha value is 0.180. The minimum Gasteiger partial charge on any atom is -0.316 e. The highest BCUT2D eigenvalue weighted by Gasteiger charge is 2.33. The summed E-state index contributed by atoms with van der Waals surface area (Å²) < 4.78 is 28.4. The van der Waals surface area contributed by atoms with E-state index in [0.717, 1.165) is 43.9 Å². The van der Waals surface area contributed by atoms with Crippen LogP contribution >= 0.6 is 11.8 Å². The predicted molar refractivity (Wildman–Crippen MR) is 85.3 cm³/mol. The summed E-state index contributed by atoms with van der Waals surface area (Å²) in [5.74, 6) is 2.48. The lowest BCUT2D eigenvalue weighted by Crippen LogP contribution is -2.50. The van der Waals surface area contributed by atoms with E-state index in [2.05, 4.69) is 12.2 Å². The highest BCUT2D eigenvalue weighted by atomic mass is 32.2. The van der Waals surface area contributed by atoms with Gasteiger partial charge in [0.15, 0.2) is 0 Å². The number of piperidine rings is 1. The number of hydrogen-bond donors (Lipinski definition) is 1. The van der Waals surface area contributed by atoms with Crippen molar-refractivity contribution in [2.45, 2.75) is 26.2 Å². The topological polar surface area (TPSA) is 52.7 Å². The standard InChI is InChI=1S/C13H27N3O2S2/c1-2-5-14-12-13-3-6-15(7-4-13)20(17,18)16-8-10-19-11-9-16/h13-14H,2-12H2,1H3. The average Bonchev–Trinajstić information content (AvgIpc) is 2.49. The Balaban J connectivity index is 1.80. The van der Waals surface area contributed by atoms with Crippen LogP contribution in [0.2, 0.25) is 0 Å². The third-order valence-electron chi connectivity index (χ3n) is 4.06. The second kappa shape index (κ2) is 7.98. The van der Waals surface area contributed by atoms with Gasteiger partial charge in [-0.25, -0.2) is 0 Å². The van der Waals surface area contributed by atoms with Gasteiger partial charge in [0.1, 0.15) is 0 Å². The van der Waals surface area contributed by atoms with Gasteiger partial charge in [-0.2, -0.15) is 28.8 Å².